The minimum Gasteiger partial charge on any atom is -0.369 e. The van der Waals surface area contributed by atoms with Crippen molar-refractivity contribution in [1.29, 1.82) is 0 Å². The normalized spacial score (nSPS) is 19.8. The third-order valence-electron chi connectivity index (χ3n) is 7.17. The van der Waals surface area contributed by atoms with E-state index in [2.05, 4.69) is 74.1 Å². The highest BCUT2D eigenvalue weighted by Crippen LogP contribution is 2.28. The highest BCUT2D eigenvalue weighted by Gasteiger charge is 2.25. The van der Waals surface area contributed by atoms with Crippen LogP contribution in [-0.2, 0) is 12.8 Å². The maximum absolute atomic E-state index is 4.44. The van der Waals surface area contributed by atoms with E-state index in [1.54, 1.807) is 0 Å². The second kappa shape index (κ2) is 9.41. The minimum atomic E-state index is 0.665. The molecule has 5 heteroatoms. The van der Waals surface area contributed by atoms with E-state index >= 15 is 0 Å². The molecule has 5 rings (SSSR count). The van der Waals surface area contributed by atoms with Gasteiger partial charge < -0.3 is 9.88 Å². The summed E-state index contributed by atoms with van der Waals surface area (Å²) in [5.74, 6) is 0. The quantitative estimate of drug-likeness (QED) is 0.632. The van der Waals surface area contributed by atoms with Crippen LogP contribution in [-0.4, -0.2) is 71.6 Å². The van der Waals surface area contributed by atoms with Crippen LogP contribution in [0.1, 0.15) is 30.9 Å². The molecule has 2 heterocycles. The van der Waals surface area contributed by atoms with E-state index in [-0.39, 0.29) is 0 Å². The van der Waals surface area contributed by atoms with Crippen LogP contribution in [0.25, 0.3) is 11.0 Å². The first-order valence-electron chi connectivity index (χ1n) is 12.0. The first-order chi connectivity index (χ1) is 15.3. The third-order valence-corrected chi connectivity index (χ3v) is 7.17. The number of benzene rings is 2. The van der Waals surface area contributed by atoms with Crippen molar-refractivity contribution in [3.8, 4) is 0 Å². The molecule has 31 heavy (non-hydrogen) atoms. The predicted molar refractivity (Wildman–Crippen MR) is 129 cm³/mol. The standard InChI is InChI=1S/C26H35N5/c1-2-10-30(14-11-29-12-15-31(16-13-29)23-6-4-3-5-7-23)24-9-8-21-18-25-26(28-20-27-25)19-22(21)17-24/h3-7,18-20,24H,2,8-17H2,1H3,(H,27,28). The summed E-state index contributed by atoms with van der Waals surface area (Å²) < 4.78 is 0. The number of nitrogens with one attached hydrogen (secondary N) is 1. The molecule has 2 aromatic carbocycles. The number of piperazine rings is 1. The van der Waals surface area contributed by atoms with Crippen LogP contribution in [0.3, 0.4) is 0 Å². The number of rotatable bonds is 7. The largest absolute Gasteiger partial charge is 0.369 e. The first-order valence-corrected chi connectivity index (χ1v) is 12.0. The summed E-state index contributed by atoms with van der Waals surface area (Å²) in [6, 6.07) is 16.2. The van der Waals surface area contributed by atoms with Gasteiger partial charge in [-0.15, -0.1) is 0 Å². The van der Waals surface area contributed by atoms with Gasteiger partial charge in [-0.05, 0) is 67.6 Å². The highest BCUT2D eigenvalue weighted by atomic mass is 15.3. The fourth-order valence-corrected chi connectivity index (χ4v) is 5.39. The molecule has 1 fully saturated rings. The molecule has 0 amide bonds. The molecule has 164 valence electrons. The van der Waals surface area contributed by atoms with Gasteiger partial charge in [-0.3, -0.25) is 9.80 Å². The highest BCUT2D eigenvalue weighted by molar-refractivity contribution is 5.76. The monoisotopic (exact) mass is 417 g/mol. The van der Waals surface area contributed by atoms with Gasteiger partial charge in [0.05, 0.1) is 17.4 Å². The smallest absolute Gasteiger partial charge is 0.0931 e. The summed E-state index contributed by atoms with van der Waals surface area (Å²) >= 11 is 0. The number of H-pyrrole nitrogens is 1. The lowest BCUT2D eigenvalue weighted by molar-refractivity contribution is 0.145. The number of para-hydroxylation sites is 1. The average molecular weight is 418 g/mol. The van der Waals surface area contributed by atoms with Crippen LogP contribution < -0.4 is 4.90 Å². The van der Waals surface area contributed by atoms with Crippen molar-refractivity contribution in [2.45, 2.75) is 38.6 Å². The van der Waals surface area contributed by atoms with Crippen LogP contribution in [0.2, 0.25) is 0 Å². The van der Waals surface area contributed by atoms with Gasteiger partial charge >= 0.3 is 0 Å². The Kier molecular flexibility index (Phi) is 6.23. The number of aromatic nitrogens is 2. The molecule has 1 aliphatic carbocycles. The number of imidazole rings is 1. The fraction of sp³-hybridized carbons (Fsp3) is 0.500. The summed E-state index contributed by atoms with van der Waals surface area (Å²) in [7, 11) is 0. The van der Waals surface area contributed by atoms with Crippen molar-refractivity contribution in [2.75, 3.05) is 50.7 Å². The summed E-state index contributed by atoms with van der Waals surface area (Å²) in [6.45, 7) is 10.5. The Labute approximate surface area is 186 Å². The summed E-state index contributed by atoms with van der Waals surface area (Å²) in [4.78, 5) is 15.7. The van der Waals surface area contributed by atoms with Crippen LogP contribution in [0.15, 0.2) is 48.8 Å². The lowest BCUT2D eigenvalue weighted by atomic mass is 9.87. The molecular weight excluding hydrogens is 382 g/mol. The zero-order valence-corrected chi connectivity index (χ0v) is 18.8. The topological polar surface area (TPSA) is 38.4 Å². The molecule has 1 saturated heterocycles. The van der Waals surface area contributed by atoms with Crippen LogP contribution >= 0.6 is 0 Å². The molecule has 0 spiro atoms. The molecule has 2 aliphatic rings. The van der Waals surface area contributed by atoms with E-state index in [9.17, 15) is 0 Å². The molecule has 1 atom stereocenters. The molecule has 1 unspecified atom stereocenters. The Morgan fingerprint density at radius 2 is 1.87 bits per heavy atom. The Bertz CT molecular complexity index is 974. The van der Waals surface area contributed by atoms with Crippen molar-refractivity contribution < 1.29 is 0 Å². The number of hydrogen-bond acceptors (Lipinski definition) is 4. The van der Waals surface area contributed by atoms with Gasteiger partial charge in [0.1, 0.15) is 0 Å². The van der Waals surface area contributed by atoms with Gasteiger partial charge in [0, 0.05) is 51.0 Å². The van der Waals surface area contributed by atoms with Crippen LogP contribution in [0, 0.1) is 0 Å². The minimum absolute atomic E-state index is 0.665. The number of aromatic amines is 1. The van der Waals surface area contributed by atoms with Gasteiger partial charge in [0.15, 0.2) is 0 Å². The number of nitrogens with zero attached hydrogens (tertiary/aromatic N) is 4. The van der Waals surface area contributed by atoms with E-state index in [0.717, 1.165) is 18.6 Å². The number of anilines is 1. The zero-order valence-electron chi connectivity index (χ0n) is 18.8. The van der Waals surface area contributed by atoms with Crippen molar-refractivity contribution in [3.63, 3.8) is 0 Å². The van der Waals surface area contributed by atoms with Crippen molar-refractivity contribution in [3.05, 3.63) is 59.9 Å². The average Bonchev–Trinajstić information content (AvgIpc) is 3.28. The van der Waals surface area contributed by atoms with Gasteiger partial charge in [-0.1, -0.05) is 25.1 Å². The molecule has 1 aromatic heterocycles. The van der Waals surface area contributed by atoms with E-state index in [1.807, 2.05) is 6.33 Å². The van der Waals surface area contributed by atoms with Crippen LogP contribution in [0.4, 0.5) is 5.69 Å². The molecule has 0 radical (unpaired) electrons. The predicted octanol–water partition coefficient (Wildman–Crippen LogP) is 3.95. The second-order valence-electron chi connectivity index (χ2n) is 9.14. The fourth-order valence-electron chi connectivity index (χ4n) is 5.39. The SMILES string of the molecule is CCCN(CCN1CCN(c2ccccc2)CC1)C1CCc2cc3nc[nH]c3cc2C1. The Balaban J connectivity index is 1.17. The Morgan fingerprint density at radius 1 is 1.03 bits per heavy atom. The van der Waals surface area contributed by atoms with E-state index in [1.165, 1.54) is 80.7 Å². The lowest BCUT2D eigenvalue weighted by Gasteiger charge is -2.39. The molecule has 0 bridgehead atoms. The number of aryl methyl sites for hydroxylation is 1. The van der Waals surface area contributed by atoms with E-state index < -0.39 is 0 Å². The molecule has 1 aliphatic heterocycles. The molecule has 3 aromatic rings. The maximum atomic E-state index is 4.44. The third kappa shape index (κ3) is 4.63. The van der Waals surface area contributed by atoms with E-state index in [0.29, 0.717) is 6.04 Å². The van der Waals surface area contributed by atoms with Crippen molar-refractivity contribution in [1.82, 2.24) is 19.8 Å². The molecule has 0 saturated carbocycles. The maximum Gasteiger partial charge on any atom is 0.0931 e. The van der Waals surface area contributed by atoms with Crippen molar-refractivity contribution >= 4 is 16.7 Å². The zero-order chi connectivity index (χ0) is 21.0. The Morgan fingerprint density at radius 3 is 2.68 bits per heavy atom. The van der Waals surface area contributed by atoms with Gasteiger partial charge in [-0.25, -0.2) is 4.98 Å². The summed E-state index contributed by atoms with van der Waals surface area (Å²) in [5.41, 5.74) is 6.67. The van der Waals surface area contributed by atoms with Gasteiger partial charge in [-0.2, -0.15) is 0 Å². The molecular formula is C26H35N5. The lowest BCUT2D eigenvalue weighted by Crippen LogP contribution is -2.50. The summed E-state index contributed by atoms with van der Waals surface area (Å²) in [6.07, 6.45) is 6.66. The molecule has 1 N–H and O–H groups in total. The number of hydrogen-bond donors (Lipinski definition) is 1. The Hall–Kier alpha value is -2.37. The van der Waals surface area contributed by atoms with Gasteiger partial charge in [0.25, 0.3) is 0 Å². The van der Waals surface area contributed by atoms with Crippen LogP contribution in [0.5, 0.6) is 0 Å². The van der Waals surface area contributed by atoms with E-state index in [4.69, 9.17) is 0 Å². The second-order valence-corrected chi connectivity index (χ2v) is 9.14. The molecule has 5 nitrogen and oxygen atoms in total. The van der Waals surface area contributed by atoms with Crippen molar-refractivity contribution in [2.24, 2.45) is 0 Å². The first kappa shape index (κ1) is 20.5. The van der Waals surface area contributed by atoms with Gasteiger partial charge in [0.2, 0.25) is 0 Å². The summed E-state index contributed by atoms with van der Waals surface area (Å²) in [5, 5.41) is 0. The number of fused-ring (bicyclic) bond motifs is 2.